The third kappa shape index (κ3) is 5.31. The number of ether oxygens (including phenoxy) is 2. The molecule has 30 heavy (non-hydrogen) atoms. The maximum atomic E-state index is 12.4. The quantitative estimate of drug-likeness (QED) is 0.539. The van der Waals surface area contributed by atoms with E-state index < -0.39 is 30.7 Å². The number of nitrogens with zero attached hydrogens (tertiary/aromatic N) is 3. The highest BCUT2D eigenvalue weighted by Crippen LogP contribution is 2.15. The Morgan fingerprint density at radius 2 is 1.77 bits per heavy atom. The number of benzene rings is 2. The lowest BCUT2D eigenvalue weighted by Gasteiger charge is -2.18. The molecule has 3 rings (SSSR count). The number of alkyl carbamates (subject to hydrolysis) is 1. The standard InChI is InChI=1S/C20H21N5O5/c1-2-29-19(27)18(25-16-11-7-6-10-15(16)23-24-25)22-17(26)12-21-20(28)30-13-14-8-4-3-5-9-14/h3-11,18H,2,12-13H2,1H3,(H,21,28)(H,22,26). The van der Waals surface area contributed by atoms with Gasteiger partial charge in [0.25, 0.3) is 0 Å². The van der Waals surface area contributed by atoms with Crippen LogP contribution in [0.4, 0.5) is 4.79 Å². The zero-order valence-corrected chi connectivity index (χ0v) is 16.3. The van der Waals surface area contributed by atoms with Crippen molar-refractivity contribution in [3.8, 4) is 0 Å². The predicted octanol–water partition coefficient (Wildman–Crippen LogP) is 1.54. The van der Waals surface area contributed by atoms with Gasteiger partial charge in [-0.1, -0.05) is 47.7 Å². The van der Waals surface area contributed by atoms with E-state index in [-0.39, 0.29) is 13.2 Å². The monoisotopic (exact) mass is 411 g/mol. The van der Waals surface area contributed by atoms with Crippen LogP contribution in [0.3, 0.4) is 0 Å². The summed E-state index contributed by atoms with van der Waals surface area (Å²) in [6, 6.07) is 16.1. The lowest BCUT2D eigenvalue weighted by molar-refractivity contribution is -0.150. The number of nitrogens with one attached hydrogen (secondary N) is 2. The zero-order chi connectivity index (χ0) is 21.3. The molecule has 1 atom stereocenters. The van der Waals surface area contributed by atoms with Gasteiger partial charge in [-0.3, -0.25) is 4.79 Å². The Labute approximate surface area is 172 Å². The molecule has 0 aliphatic carbocycles. The number of hydrogen-bond donors (Lipinski definition) is 2. The molecule has 0 aliphatic heterocycles. The summed E-state index contributed by atoms with van der Waals surface area (Å²) < 4.78 is 11.3. The molecule has 0 fully saturated rings. The third-order valence-electron chi connectivity index (χ3n) is 4.04. The van der Waals surface area contributed by atoms with Gasteiger partial charge in [-0.25, -0.2) is 14.3 Å². The Morgan fingerprint density at radius 1 is 1.03 bits per heavy atom. The highest BCUT2D eigenvalue weighted by Gasteiger charge is 2.27. The number of rotatable bonds is 8. The van der Waals surface area contributed by atoms with E-state index >= 15 is 0 Å². The van der Waals surface area contributed by atoms with Crippen LogP contribution in [-0.2, 0) is 25.7 Å². The van der Waals surface area contributed by atoms with Gasteiger partial charge in [0.15, 0.2) is 0 Å². The number of fused-ring (bicyclic) bond motifs is 1. The number of aromatic nitrogens is 3. The van der Waals surface area contributed by atoms with Crippen molar-refractivity contribution in [1.82, 2.24) is 25.6 Å². The Morgan fingerprint density at radius 3 is 2.53 bits per heavy atom. The number of carbonyl (C=O) groups is 3. The lowest BCUT2D eigenvalue weighted by atomic mass is 10.2. The van der Waals surface area contributed by atoms with E-state index in [2.05, 4.69) is 20.9 Å². The number of para-hydroxylation sites is 1. The topological polar surface area (TPSA) is 124 Å². The van der Waals surface area contributed by atoms with Crippen molar-refractivity contribution in [2.75, 3.05) is 13.2 Å². The molecular formula is C20H21N5O5. The van der Waals surface area contributed by atoms with Crippen LogP contribution in [0.15, 0.2) is 54.6 Å². The summed E-state index contributed by atoms with van der Waals surface area (Å²) >= 11 is 0. The SMILES string of the molecule is CCOC(=O)C(NC(=O)CNC(=O)OCc1ccccc1)n1nnc2ccccc21. The molecule has 156 valence electrons. The minimum Gasteiger partial charge on any atom is -0.463 e. The minimum atomic E-state index is -1.23. The van der Waals surface area contributed by atoms with Crippen molar-refractivity contribution in [2.24, 2.45) is 0 Å². The Hall–Kier alpha value is -3.95. The molecule has 0 saturated carbocycles. The normalized spacial score (nSPS) is 11.5. The van der Waals surface area contributed by atoms with Crippen LogP contribution in [0, 0.1) is 0 Å². The van der Waals surface area contributed by atoms with E-state index in [1.54, 1.807) is 31.2 Å². The highest BCUT2D eigenvalue weighted by atomic mass is 16.5. The van der Waals surface area contributed by atoms with Gasteiger partial charge in [0.05, 0.1) is 12.1 Å². The summed E-state index contributed by atoms with van der Waals surface area (Å²) in [6.45, 7) is 1.46. The largest absolute Gasteiger partial charge is 0.463 e. The van der Waals surface area contributed by atoms with Crippen LogP contribution in [0.1, 0.15) is 18.7 Å². The Balaban J connectivity index is 1.59. The van der Waals surface area contributed by atoms with Crippen LogP contribution in [0.25, 0.3) is 11.0 Å². The van der Waals surface area contributed by atoms with Crippen LogP contribution in [0.2, 0.25) is 0 Å². The molecular weight excluding hydrogens is 390 g/mol. The van der Waals surface area contributed by atoms with Gasteiger partial charge < -0.3 is 20.1 Å². The van der Waals surface area contributed by atoms with Crippen molar-refractivity contribution in [3.63, 3.8) is 0 Å². The van der Waals surface area contributed by atoms with Gasteiger partial charge in [0.2, 0.25) is 12.1 Å². The maximum absolute atomic E-state index is 12.4. The second-order valence-corrected chi connectivity index (χ2v) is 6.16. The second-order valence-electron chi connectivity index (χ2n) is 6.16. The molecule has 0 radical (unpaired) electrons. The van der Waals surface area contributed by atoms with Gasteiger partial charge in [-0.05, 0) is 24.6 Å². The van der Waals surface area contributed by atoms with Crippen LogP contribution >= 0.6 is 0 Å². The average Bonchev–Trinajstić information content (AvgIpc) is 3.19. The molecule has 3 aromatic rings. The molecule has 1 aromatic heterocycles. The van der Waals surface area contributed by atoms with Crippen molar-refractivity contribution < 1.29 is 23.9 Å². The Bertz CT molecular complexity index is 1020. The summed E-state index contributed by atoms with van der Waals surface area (Å²) in [6.07, 6.45) is -1.99. The fourth-order valence-corrected chi connectivity index (χ4v) is 2.65. The Kier molecular flexibility index (Phi) is 6.93. The molecule has 0 bridgehead atoms. The number of amides is 2. The molecule has 0 spiro atoms. The van der Waals surface area contributed by atoms with E-state index in [0.717, 1.165) is 5.56 Å². The van der Waals surface area contributed by atoms with E-state index in [1.807, 2.05) is 30.3 Å². The fourth-order valence-electron chi connectivity index (χ4n) is 2.65. The first-order valence-electron chi connectivity index (χ1n) is 9.29. The van der Waals surface area contributed by atoms with Crippen LogP contribution in [0.5, 0.6) is 0 Å². The third-order valence-corrected chi connectivity index (χ3v) is 4.04. The van der Waals surface area contributed by atoms with E-state index in [4.69, 9.17) is 9.47 Å². The smallest absolute Gasteiger partial charge is 0.407 e. The lowest BCUT2D eigenvalue weighted by Crippen LogP contribution is -2.44. The van der Waals surface area contributed by atoms with Crippen LogP contribution in [-0.4, -0.2) is 46.1 Å². The van der Waals surface area contributed by atoms with E-state index in [9.17, 15) is 14.4 Å². The molecule has 1 unspecified atom stereocenters. The predicted molar refractivity (Wildman–Crippen MR) is 106 cm³/mol. The summed E-state index contributed by atoms with van der Waals surface area (Å²) in [5.74, 6) is -1.32. The fraction of sp³-hybridized carbons (Fsp3) is 0.250. The van der Waals surface area contributed by atoms with Gasteiger partial charge >= 0.3 is 12.1 Å². The molecule has 0 saturated heterocycles. The molecule has 2 N–H and O–H groups in total. The van der Waals surface area contributed by atoms with Crippen molar-refractivity contribution in [3.05, 3.63) is 60.2 Å². The van der Waals surface area contributed by atoms with Crippen molar-refractivity contribution >= 4 is 29.0 Å². The van der Waals surface area contributed by atoms with Gasteiger partial charge in [-0.15, -0.1) is 5.10 Å². The van der Waals surface area contributed by atoms with Gasteiger partial charge in [0.1, 0.15) is 18.7 Å². The summed E-state index contributed by atoms with van der Waals surface area (Å²) in [5.41, 5.74) is 1.92. The van der Waals surface area contributed by atoms with E-state index in [0.29, 0.717) is 11.0 Å². The molecule has 0 aliphatic rings. The van der Waals surface area contributed by atoms with Crippen LogP contribution < -0.4 is 10.6 Å². The first kappa shape index (κ1) is 20.8. The highest BCUT2D eigenvalue weighted by molar-refractivity contribution is 5.87. The summed E-state index contributed by atoms with van der Waals surface area (Å²) in [5, 5.41) is 12.8. The first-order valence-corrected chi connectivity index (χ1v) is 9.29. The summed E-state index contributed by atoms with van der Waals surface area (Å²) in [7, 11) is 0. The molecule has 10 heteroatoms. The maximum Gasteiger partial charge on any atom is 0.407 e. The molecule has 1 heterocycles. The zero-order valence-electron chi connectivity index (χ0n) is 16.3. The first-order chi connectivity index (χ1) is 14.6. The molecule has 10 nitrogen and oxygen atoms in total. The molecule has 2 amide bonds. The van der Waals surface area contributed by atoms with Gasteiger partial charge in [-0.2, -0.15) is 0 Å². The van der Waals surface area contributed by atoms with Crippen molar-refractivity contribution in [1.29, 1.82) is 0 Å². The van der Waals surface area contributed by atoms with E-state index in [1.165, 1.54) is 4.68 Å². The minimum absolute atomic E-state index is 0.0741. The number of esters is 1. The number of carbonyl (C=O) groups excluding carboxylic acids is 3. The average molecular weight is 411 g/mol. The second kappa shape index (κ2) is 10.0. The van der Waals surface area contributed by atoms with Crippen molar-refractivity contribution in [2.45, 2.75) is 19.7 Å². The summed E-state index contributed by atoms with van der Waals surface area (Å²) in [4.78, 5) is 36.5. The molecule has 2 aromatic carbocycles. The number of hydrogen-bond acceptors (Lipinski definition) is 7. The van der Waals surface area contributed by atoms with Gasteiger partial charge in [0, 0.05) is 0 Å².